The van der Waals surface area contributed by atoms with Crippen LogP contribution in [-0.2, 0) is 0 Å². The first-order valence-corrected chi connectivity index (χ1v) is 5.63. The second-order valence-corrected chi connectivity index (χ2v) is 3.66. The molecule has 2 heteroatoms. The molecule has 0 aromatic rings. The summed E-state index contributed by atoms with van der Waals surface area (Å²) in [7, 11) is 0. The van der Waals surface area contributed by atoms with E-state index in [1.54, 1.807) is 0 Å². The van der Waals surface area contributed by atoms with E-state index in [1.165, 1.54) is 19.4 Å². The predicted molar refractivity (Wildman–Crippen MR) is 63.3 cm³/mol. The number of hydrogen-bond donors (Lipinski definition) is 1. The summed E-state index contributed by atoms with van der Waals surface area (Å²) in [4.78, 5) is 2.45. The monoisotopic (exact) mass is 196 g/mol. The molecule has 82 valence electrons. The zero-order valence-corrected chi connectivity index (χ0v) is 9.84. The first-order chi connectivity index (χ1) is 6.74. The Morgan fingerprint density at radius 1 is 1.36 bits per heavy atom. The zero-order chi connectivity index (χ0) is 10.8. The lowest BCUT2D eigenvalue weighted by Crippen LogP contribution is -2.29. The molecule has 14 heavy (non-hydrogen) atoms. The van der Waals surface area contributed by atoms with Crippen LogP contribution in [0.2, 0.25) is 0 Å². The van der Waals surface area contributed by atoms with Crippen molar-refractivity contribution in [2.24, 2.45) is 0 Å². The Bertz CT molecular complexity index is 156. The molecule has 0 saturated heterocycles. The van der Waals surface area contributed by atoms with Crippen molar-refractivity contribution in [1.82, 2.24) is 10.2 Å². The highest BCUT2D eigenvalue weighted by molar-refractivity contribution is 4.87. The van der Waals surface area contributed by atoms with Crippen LogP contribution in [0, 0.1) is 12.3 Å². The summed E-state index contributed by atoms with van der Waals surface area (Å²) in [5.74, 6) is 2.60. The molecule has 0 radical (unpaired) electrons. The van der Waals surface area contributed by atoms with Crippen molar-refractivity contribution in [3.05, 3.63) is 0 Å². The molecule has 2 nitrogen and oxygen atoms in total. The predicted octanol–water partition coefficient (Wildman–Crippen LogP) is 1.72. The molecule has 0 saturated carbocycles. The van der Waals surface area contributed by atoms with Gasteiger partial charge in [0.2, 0.25) is 0 Å². The van der Waals surface area contributed by atoms with E-state index in [-0.39, 0.29) is 0 Å². The minimum atomic E-state index is 0.543. The van der Waals surface area contributed by atoms with Crippen LogP contribution in [0.4, 0.5) is 0 Å². The molecule has 0 aliphatic carbocycles. The third kappa shape index (κ3) is 6.94. The van der Waals surface area contributed by atoms with E-state index in [0.29, 0.717) is 12.6 Å². The average Bonchev–Trinajstić information content (AvgIpc) is 2.21. The zero-order valence-electron chi connectivity index (χ0n) is 9.84. The number of nitrogens with one attached hydrogen (secondary N) is 1. The summed E-state index contributed by atoms with van der Waals surface area (Å²) in [6, 6.07) is 0.543. The highest BCUT2D eigenvalue weighted by atomic mass is 15.1. The normalized spacial score (nSPS) is 12.8. The summed E-state index contributed by atoms with van der Waals surface area (Å²) in [6.07, 6.45) is 7.63. The van der Waals surface area contributed by atoms with E-state index in [1.807, 2.05) is 0 Å². The van der Waals surface area contributed by atoms with Gasteiger partial charge in [-0.25, -0.2) is 0 Å². The van der Waals surface area contributed by atoms with Gasteiger partial charge in [0.25, 0.3) is 0 Å². The summed E-state index contributed by atoms with van der Waals surface area (Å²) < 4.78 is 0. The fourth-order valence-electron chi connectivity index (χ4n) is 1.50. The Labute approximate surface area is 89.1 Å². The quantitative estimate of drug-likeness (QED) is 0.595. The lowest BCUT2D eigenvalue weighted by Gasteiger charge is -2.19. The molecule has 0 spiro atoms. The van der Waals surface area contributed by atoms with Gasteiger partial charge >= 0.3 is 0 Å². The molecule has 1 atom stereocenters. The number of terminal acetylenes is 1. The van der Waals surface area contributed by atoms with Gasteiger partial charge in [0.05, 0.1) is 6.54 Å². The summed E-state index contributed by atoms with van der Waals surface area (Å²) in [5.41, 5.74) is 0. The maximum Gasteiger partial charge on any atom is 0.0575 e. The van der Waals surface area contributed by atoms with Crippen molar-refractivity contribution in [2.75, 3.05) is 26.2 Å². The van der Waals surface area contributed by atoms with Crippen molar-refractivity contribution in [2.45, 2.75) is 39.7 Å². The average molecular weight is 196 g/mol. The Morgan fingerprint density at radius 2 is 2.00 bits per heavy atom. The third-order valence-electron chi connectivity index (χ3n) is 2.56. The number of rotatable bonds is 8. The minimum Gasteiger partial charge on any atom is -0.304 e. The highest BCUT2D eigenvalue weighted by Crippen LogP contribution is 1.98. The topological polar surface area (TPSA) is 15.3 Å². The van der Waals surface area contributed by atoms with E-state index in [9.17, 15) is 0 Å². The minimum absolute atomic E-state index is 0.543. The van der Waals surface area contributed by atoms with Gasteiger partial charge in [-0.3, -0.25) is 0 Å². The van der Waals surface area contributed by atoms with Crippen molar-refractivity contribution < 1.29 is 0 Å². The van der Waals surface area contributed by atoms with E-state index >= 15 is 0 Å². The Kier molecular flexibility index (Phi) is 8.72. The van der Waals surface area contributed by atoms with Crippen LogP contribution >= 0.6 is 0 Å². The van der Waals surface area contributed by atoms with Gasteiger partial charge < -0.3 is 10.2 Å². The van der Waals surface area contributed by atoms with Gasteiger partial charge in [-0.05, 0) is 39.4 Å². The fourth-order valence-corrected chi connectivity index (χ4v) is 1.50. The van der Waals surface area contributed by atoms with Crippen molar-refractivity contribution >= 4 is 0 Å². The largest absolute Gasteiger partial charge is 0.304 e. The molecule has 0 bridgehead atoms. The molecule has 0 aromatic heterocycles. The summed E-state index contributed by atoms with van der Waals surface area (Å²) in [5, 5.41) is 3.29. The molecule has 0 amide bonds. The van der Waals surface area contributed by atoms with Crippen molar-refractivity contribution in [1.29, 1.82) is 0 Å². The second kappa shape index (κ2) is 9.05. The van der Waals surface area contributed by atoms with Gasteiger partial charge in [-0.15, -0.1) is 6.42 Å². The Balaban J connectivity index is 3.38. The molecular weight excluding hydrogens is 172 g/mol. The number of nitrogens with zero attached hydrogens (tertiary/aromatic N) is 1. The van der Waals surface area contributed by atoms with Crippen LogP contribution in [0.25, 0.3) is 0 Å². The standard InChI is InChI=1S/C12H24N2/c1-5-10-13-12(4)9-8-11-14(6-2)7-3/h1,12-13H,6-11H2,2-4H3. The SMILES string of the molecule is C#CCNC(C)CCCN(CC)CC. The van der Waals surface area contributed by atoms with Crippen LogP contribution in [0.1, 0.15) is 33.6 Å². The lowest BCUT2D eigenvalue weighted by molar-refractivity contribution is 0.291. The molecule has 0 aliphatic heterocycles. The Hall–Kier alpha value is -0.520. The fraction of sp³-hybridized carbons (Fsp3) is 0.833. The summed E-state index contributed by atoms with van der Waals surface area (Å²) in [6.45, 7) is 10.8. The van der Waals surface area contributed by atoms with Crippen LogP contribution in [0.3, 0.4) is 0 Å². The third-order valence-corrected chi connectivity index (χ3v) is 2.56. The van der Waals surface area contributed by atoms with Gasteiger partial charge in [0, 0.05) is 6.04 Å². The van der Waals surface area contributed by atoms with Crippen LogP contribution in [0.5, 0.6) is 0 Å². The van der Waals surface area contributed by atoms with Crippen LogP contribution in [0.15, 0.2) is 0 Å². The molecule has 0 heterocycles. The lowest BCUT2D eigenvalue weighted by atomic mass is 10.2. The Morgan fingerprint density at radius 3 is 2.50 bits per heavy atom. The number of hydrogen-bond acceptors (Lipinski definition) is 2. The maximum atomic E-state index is 5.18. The molecule has 1 unspecified atom stereocenters. The molecule has 0 aliphatic rings. The van der Waals surface area contributed by atoms with Crippen LogP contribution in [-0.4, -0.2) is 37.1 Å². The smallest absolute Gasteiger partial charge is 0.0575 e. The molecule has 0 fully saturated rings. The van der Waals surface area contributed by atoms with Gasteiger partial charge in [-0.1, -0.05) is 19.8 Å². The van der Waals surface area contributed by atoms with Gasteiger partial charge in [-0.2, -0.15) is 0 Å². The van der Waals surface area contributed by atoms with Gasteiger partial charge in [0.15, 0.2) is 0 Å². The van der Waals surface area contributed by atoms with E-state index < -0.39 is 0 Å². The van der Waals surface area contributed by atoms with E-state index in [2.05, 4.69) is 36.9 Å². The first kappa shape index (κ1) is 13.5. The summed E-state index contributed by atoms with van der Waals surface area (Å²) >= 11 is 0. The second-order valence-electron chi connectivity index (χ2n) is 3.66. The molecule has 1 N–H and O–H groups in total. The first-order valence-electron chi connectivity index (χ1n) is 5.63. The van der Waals surface area contributed by atoms with Gasteiger partial charge in [0.1, 0.15) is 0 Å². The molecule has 0 rings (SSSR count). The van der Waals surface area contributed by atoms with E-state index in [0.717, 1.165) is 13.1 Å². The van der Waals surface area contributed by atoms with Crippen molar-refractivity contribution in [3.63, 3.8) is 0 Å². The highest BCUT2D eigenvalue weighted by Gasteiger charge is 2.02. The molecule has 0 aromatic carbocycles. The molecular formula is C12H24N2. The van der Waals surface area contributed by atoms with Crippen molar-refractivity contribution in [3.8, 4) is 12.3 Å². The maximum absolute atomic E-state index is 5.18. The van der Waals surface area contributed by atoms with E-state index in [4.69, 9.17) is 6.42 Å². The van der Waals surface area contributed by atoms with Crippen LogP contribution < -0.4 is 5.32 Å².